The molecule has 0 spiro atoms. The Balaban J connectivity index is 1.79. The van der Waals surface area contributed by atoms with E-state index in [0.717, 1.165) is 55.5 Å². The molecule has 0 N–H and O–H groups in total. The molecule has 0 bridgehead atoms. The Morgan fingerprint density at radius 1 is 0.889 bits per heavy atom. The van der Waals surface area contributed by atoms with Gasteiger partial charge in [-0.2, -0.15) is 0 Å². The third kappa shape index (κ3) is 6.18. The van der Waals surface area contributed by atoms with E-state index >= 15 is 0 Å². The van der Waals surface area contributed by atoms with Crippen molar-refractivity contribution in [3.8, 4) is 16.9 Å². The van der Waals surface area contributed by atoms with Gasteiger partial charge in [0, 0.05) is 17.4 Å². The zero-order valence-electron chi connectivity index (χ0n) is 23.3. The van der Waals surface area contributed by atoms with Crippen molar-refractivity contribution in [1.82, 2.24) is 0 Å². The molecule has 0 aliphatic carbocycles. The van der Waals surface area contributed by atoms with Gasteiger partial charge in [0.05, 0.1) is 17.8 Å². The number of unbranched alkanes of at least 4 members (excludes halogenated alkanes) is 2. The molecule has 2 aliphatic heterocycles. The maximum absolute atomic E-state index is 6.68. The standard InChI is InChI=1S/C31H45BO4/c1-7-9-14-23-20-24(15-10-8-2)22-25(21-23)26-16-13-17-27(29(26)34-28-18-11-12-19-33-28)32-35-30(3,4)31(5,6)36-32/h13,16-17,20-22,28H,7-12,14-15,18-19H2,1-6H3. The van der Waals surface area contributed by atoms with Gasteiger partial charge < -0.3 is 18.8 Å². The number of rotatable bonds is 10. The lowest BCUT2D eigenvalue weighted by atomic mass is 9.76. The van der Waals surface area contributed by atoms with E-state index in [0.29, 0.717) is 0 Å². The average molecular weight is 493 g/mol. The molecular formula is C31H45BO4. The molecule has 4 rings (SSSR count). The summed E-state index contributed by atoms with van der Waals surface area (Å²) < 4.78 is 25.7. The van der Waals surface area contributed by atoms with Crippen LogP contribution in [0, 0.1) is 0 Å². The molecule has 36 heavy (non-hydrogen) atoms. The van der Waals surface area contributed by atoms with Gasteiger partial charge in [0.25, 0.3) is 0 Å². The smallest absolute Gasteiger partial charge is 0.465 e. The molecule has 1 unspecified atom stereocenters. The fourth-order valence-corrected chi connectivity index (χ4v) is 4.97. The van der Waals surface area contributed by atoms with E-state index in [4.69, 9.17) is 18.8 Å². The minimum Gasteiger partial charge on any atom is -0.465 e. The second-order valence-corrected chi connectivity index (χ2v) is 11.5. The predicted molar refractivity (Wildman–Crippen MR) is 149 cm³/mol. The lowest BCUT2D eigenvalue weighted by Crippen LogP contribution is -2.41. The van der Waals surface area contributed by atoms with Crippen molar-refractivity contribution < 1.29 is 18.8 Å². The molecule has 4 nitrogen and oxygen atoms in total. The van der Waals surface area contributed by atoms with Gasteiger partial charge in [0.15, 0.2) is 6.29 Å². The summed E-state index contributed by atoms with van der Waals surface area (Å²) in [6, 6.07) is 13.5. The monoisotopic (exact) mass is 492 g/mol. The summed E-state index contributed by atoms with van der Waals surface area (Å²) in [5.41, 5.74) is 5.21. The van der Waals surface area contributed by atoms with Crippen LogP contribution in [0.3, 0.4) is 0 Å². The zero-order valence-corrected chi connectivity index (χ0v) is 23.3. The highest BCUT2D eigenvalue weighted by molar-refractivity contribution is 6.63. The van der Waals surface area contributed by atoms with E-state index in [1.54, 1.807) is 0 Å². The summed E-state index contributed by atoms with van der Waals surface area (Å²) in [4.78, 5) is 0. The third-order valence-corrected chi connectivity index (χ3v) is 7.94. The summed E-state index contributed by atoms with van der Waals surface area (Å²) in [5.74, 6) is 0.831. The van der Waals surface area contributed by atoms with E-state index < -0.39 is 18.3 Å². The molecule has 2 saturated heterocycles. The quantitative estimate of drug-likeness (QED) is 0.328. The Kier molecular flexibility index (Phi) is 8.85. The summed E-state index contributed by atoms with van der Waals surface area (Å²) in [5, 5.41) is 0. The number of benzene rings is 2. The van der Waals surface area contributed by atoms with E-state index in [2.05, 4.69) is 77.9 Å². The van der Waals surface area contributed by atoms with E-state index in [9.17, 15) is 0 Å². The van der Waals surface area contributed by atoms with Crippen LogP contribution in [0.1, 0.15) is 97.6 Å². The van der Waals surface area contributed by atoms with E-state index in [-0.39, 0.29) is 6.29 Å². The predicted octanol–water partition coefficient (Wildman–Crippen LogP) is 7.24. The molecule has 2 fully saturated rings. The molecule has 1 atom stereocenters. The topological polar surface area (TPSA) is 36.9 Å². The second-order valence-electron chi connectivity index (χ2n) is 11.5. The maximum atomic E-state index is 6.68. The van der Waals surface area contributed by atoms with Crippen molar-refractivity contribution in [3.63, 3.8) is 0 Å². The molecule has 2 aromatic rings. The Labute approximate surface area is 219 Å². The molecular weight excluding hydrogens is 447 g/mol. The SMILES string of the molecule is CCCCc1cc(CCCC)cc(-c2cccc(B3OC(C)(C)C(C)(C)O3)c2OC2CCCCO2)c1. The Bertz CT molecular complexity index is 967. The Morgan fingerprint density at radius 2 is 1.53 bits per heavy atom. The summed E-state index contributed by atoms with van der Waals surface area (Å²) >= 11 is 0. The van der Waals surface area contributed by atoms with Crippen LogP contribution >= 0.6 is 0 Å². The molecule has 196 valence electrons. The zero-order chi connectivity index (χ0) is 25.8. The first-order chi connectivity index (χ1) is 17.2. The van der Waals surface area contributed by atoms with Crippen molar-refractivity contribution in [2.75, 3.05) is 6.61 Å². The highest BCUT2D eigenvalue weighted by Gasteiger charge is 2.52. The van der Waals surface area contributed by atoms with Crippen LogP contribution < -0.4 is 10.2 Å². The fourth-order valence-electron chi connectivity index (χ4n) is 4.97. The third-order valence-electron chi connectivity index (χ3n) is 7.94. The number of hydrogen-bond acceptors (Lipinski definition) is 4. The average Bonchev–Trinajstić information content (AvgIpc) is 3.08. The van der Waals surface area contributed by atoms with Gasteiger partial charge in [-0.25, -0.2) is 0 Å². The van der Waals surface area contributed by atoms with Gasteiger partial charge in [-0.05, 0) is 82.9 Å². The molecule has 0 radical (unpaired) electrons. The number of hydrogen-bond donors (Lipinski definition) is 0. The first kappa shape index (κ1) is 27.2. The Hall–Kier alpha value is -1.82. The van der Waals surface area contributed by atoms with E-state index in [1.807, 2.05) is 0 Å². The Morgan fingerprint density at radius 3 is 2.08 bits per heavy atom. The highest BCUT2D eigenvalue weighted by Crippen LogP contribution is 2.39. The molecule has 2 aromatic carbocycles. The normalized spacial score (nSPS) is 21.1. The molecule has 2 heterocycles. The minimum absolute atomic E-state index is 0.246. The highest BCUT2D eigenvalue weighted by atomic mass is 16.7. The second kappa shape index (κ2) is 11.7. The fraction of sp³-hybridized carbons (Fsp3) is 0.613. The largest absolute Gasteiger partial charge is 0.498 e. The lowest BCUT2D eigenvalue weighted by Gasteiger charge is -2.32. The van der Waals surface area contributed by atoms with Gasteiger partial charge >= 0.3 is 7.12 Å². The minimum atomic E-state index is -0.489. The molecule has 0 saturated carbocycles. The number of ether oxygens (including phenoxy) is 2. The number of aryl methyl sites for hydroxylation is 2. The van der Waals surface area contributed by atoms with Crippen LogP contribution in [0.4, 0.5) is 0 Å². The van der Waals surface area contributed by atoms with Crippen LogP contribution in [-0.2, 0) is 26.9 Å². The van der Waals surface area contributed by atoms with Crippen molar-refractivity contribution in [3.05, 3.63) is 47.5 Å². The van der Waals surface area contributed by atoms with Gasteiger partial charge in [0.1, 0.15) is 5.75 Å². The van der Waals surface area contributed by atoms with Crippen LogP contribution in [0.15, 0.2) is 36.4 Å². The van der Waals surface area contributed by atoms with Crippen molar-refractivity contribution in [1.29, 1.82) is 0 Å². The van der Waals surface area contributed by atoms with Gasteiger partial charge in [-0.15, -0.1) is 0 Å². The first-order valence-electron chi connectivity index (χ1n) is 14.1. The molecule has 2 aliphatic rings. The lowest BCUT2D eigenvalue weighted by molar-refractivity contribution is -0.105. The first-order valence-corrected chi connectivity index (χ1v) is 14.1. The summed E-state index contributed by atoms with van der Waals surface area (Å²) in [6.45, 7) is 13.6. The van der Waals surface area contributed by atoms with Crippen LogP contribution in [0.2, 0.25) is 0 Å². The van der Waals surface area contributed by atoms with Crippen LogP contribution in [-0.4, -0.2) is 31.2 Å². The summed E-state index contributed by atoms with van der Waals surface area (Å²) in [6.07, 6.45) is 9.84. The van der Waals surface area contributed by atoms with Crippen molar-refractivity contribution in [2.45, 2.75) is 117 Å². The van der Waals surface area contributed by atoms with Gasteiger partial charge in [-0.3, -0.25) is 0 Å². The van der Waals surface area contributed by atoms with Gasteiger partial charge in [-0.1, -0.05) is 63.1 Å². The molecule has 0 aromatic heterocycles. The van der Waals surface area contributed by atoms with Crippen LogP contribution in [0.25, 0.3) is 11.1 Å². The van der Waals surface area contributed by atoms with Crippen molar-refractivity contribution in [2.24, 2.45) is 0 Å². The van der Waals surface area contributed by atoms with Crippen molar-refractivity contribution >= 4 is 12.6 Å². The number of para-hydroxylation sites is 1. The van der Waals surface area contributed by atoms with E-state index in [1.165, 1.54) is 42.4 Å². The maximum Gasteiger partial charge on any atom is 0.498 e. The van der Waals surface area contributed by atoms with Gasteiger partial charge in [0.2, 0.25) is 0 Å². The molecule has 5 heteroatoms. The molecule has 0 amide bonds. The van der Waals surface area contributed by atoms with Crippen LogP contribution in [0.5, 0.6) is 5.75 Å². The summed E-state index contributed by atoms with van der Waals surface area (Å²) in [7, 11) is -0.489.